The molecule has 0 aliphatic carbocycles. The van der Waals surface area contributed by atoms with E-state index in [1.165, 1.54) is 6.42 Å². The number of hydrogen-bond donors (Lipinski definition) is 0. The van der Waals surface area contributed by atoms with Crippen LogP contribution < -0.4 is 4.74 Å². The summed E-state index contributed by atoms with van der Waals surface area (Å²) < 4.78 is 12.4. The van der Waals surface area contributed by atoms with Crippen LogP contribution in [0.5, 0.6) is 5.88 Å². The van der Waals surface area contributed by atoms with Gasteiger partial charge in [0.05, 0.1) is 35.5 Å². The van der Waals surface area contributed by atoms with Crippen LogP contribution in [-0.2, 0) is 0 Å². The maximum absolute atomic E-state index is 13.0. The lowest BCUT2D eigenvalue weighted by atomic mass is 10.1. The number of rotatable bonds is 3. The second kappa shape index (κ2) is 6.67. The van der Waals surface area contributed by atoms with Gasteiger partial charge in [-0.2, -0.15) is 5.10 Å². The van der Waals surface area contributed by atoms with Crippen LogP contribution in [0.25, 0.3) is 27.7 Å². The highest BCUT2D eigenvalue weighted by atomic mass is 16.5. The van der Waals surface area contributed by atoms with Crippen LogP contribution in [0, 0.1) is 0 Å². The van der Waals surface area contributed by atoms with Crippen molar-refractivity contribution in [3.8, 4) is 17.1 Å². The molecule has 7 heteroatoms. The Balaban J connectivity index is 1.59. The zero-order chi connectivity index (χ0) is 19.1. The molecule has 0 atom stereocenters. The summed E-state index contributed by atoms with van der Waals surface area (Å²) in [4.78, 5) is 14.9. The predicted octanol–water partition coefficient (Wildman–Crippen LogP) is 3.78. The molecule has 3 aromatic heterocycles. The van der Waals surface area contributed by atoms with Gasteiger partial charge in [0.2, 0.25) is 0 Å². The van der Waals surface area contributed by atoms with Gasteiger partial charge in [0.1, 0.15) is 0 Å². The number of benzene rings is 1. The van der Waals surface area contributed by atoms with Gasteiger partial charge in [-0.25, -0.2) is 4.52 Å². The zero-order valence-electron chi connectivity index (χ0n) is 15.6. The Morgan fingerprint density at radius 1 is 1.14 bits per heavy atom. The fraction of sp³-hybridized carbons (Fsp3) is 0.286. The van der Waals surface area contributed by atoms with E-state index in [-0.39, 0.29) is 5.91 Å². The van der Waals surface area contributed by atoms with Crippen molar-refractivity contribution < 1.29 is 14.1 Å². The smallest absolute Gasteiger partial charge is 0.261 e. The van der Waals surface area contributed by atoms with Crippen LogP contribution in [0.3, 0.4) is 0 Å². The molecule has 0 bridgehead atoms. The topological polar surface area (TPSA) is 72.9 Å². The molecule has 1 fully saturated rings. The predicted molar refractivity (Wildman–Crippen MR) is 105 cm³/mol. The van der Waals surface area contributed by atoms with Crippen LogP contribution in [-0.4, -0.2) is 45.8 Å². The third-order valence-corrected chi connectivity index (χ3v) is 5.34. The summed E-state index contributed by atoms with van der Waals surface area (Å²) >= 11 is 0. The number of ether oxygens (including phenoxy) is 1. The van der Waals surface area contributed by atoms with E-state index in [4.69, 9.17) is 9.26 Å². The highest BCUT2D eigenvalue weighted by Gasteiger charge is 2.22. The van der Waals surface area contributed by atoms with E-state index in [0.717, 1.165) is 48.1 Å². The molecule has 0 unspecified atom stereocenters. The number of pyridine rings is 1. The first-order valence-corrected chi connectivity index (χ1v) is 9.46. The summed E-state index contributed by atoms with van der Waals surface area (Å²) in [7, 11) is 1.57. The van der Waals surface area contributed by atoms with Crippen LogP contribution >= 0.6 is 0 Å². The van der Waals surface area contributed by atoms with E-state index in [1.54, 1.807) is 13.3 Å². The minimum absolute atomic E-state index is 0.0583. The molecule has 0 spiro atoms. The Kier molecular flexibility index (Phi) is 4.00. The van der Waals surface area contributed by atoms with Crippen molar-refractivity contribution in [2.45, 2.75) is 19.3 Å². The minimum Gasteiger partial charge on any atom is -0.478 e. The highest BCUT2D eigenvalue weighted by molar-refractivity contribution is 6.01. The molecule has 5 rings (SSSR count). The van der Waals surface area contributed by atoms with Crippen molar-refractivity contribution in [2.24, 2.45) is 0 Å². The van der Waals surface area contributed by atoms with Crippen molar-refractivity contribution in [2.75, 3.05) is 20.2 Å². The lowest BCUT2D eigenvalue weighted by Crippen LogP contribution is -2.35. The Morgan fingerprint density at radius 2 is 2.00 bits per heavy atom. The van der Waals surface area contributed by atoms with E-state index in [9.17, 15) is 4.79 Å². The van der Waals surface area contributed by atoms with Crippen molar-refractivity contribution >= 4 is 22.4 Å². The Labute approximate surface area is 161 Å². The minimum atomic E-state index is 0.0583. The van der Waals surface area contributed by atoms with Gasteiger partial charge in [0, 0.05) is 18.7 Å². The SMILES string of the molecule is COc1noc2ccc(-c3cccc4c(C(=O)N5CCCCC5)cnn34)cc12. The molecule has 142 valence electrons. The van der Waals surface area contributed by atoms with E-state index < -0.39 is 0 Å². The summed E-state index contributed by atoms with van der Waals surface area (Å²) in [6.07, 6.45) is 5.00. The number of methoxy groups -OCH3 is 1. The van der Waals surface area contributed by atoms with Gasteiger partial charge in [-0.05, 0) is 54.8 Å². The number of amides is 1. The van der Waals surface area contributed by atoms with E-state index in [2.05, 4.69) is 10.3 Å². The Bertz CT molecular complexity index is 1170. The number of piperidine rings is 1. The molecule has 1 amide bonds. The second-order valence-electron chi connectivity index (χ2n) is 7.02. The van der Waals surface area contributed by atoms with Gasteiger partial charge in [-0.3, -0.25) is 4.79 Å². The normalized spacial score (nSPS) is 14.7. The Hall–Kier alpha value is -3.35. The van der Waals surface area contributed by atoms with Crippen LogP contribution in [0.2, 0.25) is 0 Å². The molecule has 28 heavy (non-hydrogen) atoms. The maximum Gasteiger partial charge on any atom is 0.261 e. The second-order valence-corrected chi connectivity index (χ2v) is 7.02. The molecule has 0 radical (unpaired) electrons. The summed E-state index contributed by atoms with van der Waals surface area (Å²) in [6.45, 7) is 1.64. The number of carbonyl (C=O) groups excluding carboxylic acids is 1. The molecule has 4 aromatic rings. The third kappa shape index (κ3) is 2.62. The number of hydrogen-bond acceptors (Lipinski definition) is 5. The van der Waals surface area contributed by atoms with Crippen LogP contribution in [0.15, 0.2) is 47.1 Å². The quantitative estimate of drug-likeness (QED) is 0.544. The number of carbonyl (C=O) groups is 1. The number of nitrogens with zero attached hydrogens (tertiary/aromatic N) is 4. The van der Waals surface area contributed by atoms with Gasteiger partial charge in [0.15, 0.2) is 5.58 Å². The van der Waals surface area contributed by atoms with Gasteiger partial charge < -0.3 is 14.2 Å². The first-order chi connectivity index (χ1) is 13.8. The molecule has 1 aliphatic heterocycles. The molecule has 1 aliphatic rings. The number of fused-ring (bicyclic) bond motifs is 2. The number of likely N-dealkylation sites (tertiary alicyclic amines) is 1. The summed E-state index contributed by atoms with van der Waals surface area (Å²) in [6, 6.07) is 11.7. The van der Waals surface area contributed by atoms with Crippen molar-refractivity contribution in [3.63, 3.8) is 0 Å². The third-order valence-electron chi connectivity index (χ3n) is 5.34. The highest BCUT2D eigenvalue weighted by Crippen LogP contribution is 2.30. The van der Waals surface area contributed by atoms with Gasteiger partial charge in [0.25, 0.3) is 11.8 Å². The van der Waals surface area contributed by atoms with E-state index >= 15 is 0 Å². The monoisotopic (exact) mass is 376 g/mol. The lowest BCUT2D eigenvalue weighted by Gasteiger charge is -2.26. The molecule has 1 saturated heterocycles. The van der Waals surface area contributed by atoms with Gasteiger partial charge in [-0.15, -0.1) is 0 Å². The van der Waals surface area contributed by atoms with Gasteiger partial charge >= 0.3 is 0 Å². The molecule has 0 N–H and O–H groups in total. The van der Waals surface area contributed by atoms with Crippen LogP contribution in [0.1, 0.15) is 29.6 Å². The maximum atomic E-state index is 13.0. The van der Waals surface area contributed by atoms with Crippen LogP contribution in [0.4, 0.5) is 0 Å². The zero-order valence-corrected chi connectivity index (χ0v) is 15.6. The first kappa shape index (κ1) is 16.8. The van der Waals surface area contributed by atoms with Gasteiger partial charge in [-0.1, -0.05) is 6.07 Å². The fourth-order valence-corrected chi connectivity index (χ4v) is 3.88. The summed E-state index contributed by atoms with van der Waals surface area (Å²) in [5.74, 6) is 0.508. The fourth-order valence-electron chi connectivity index (χ4n) is 3.88. The number of aromatic nitrogens is 3. The van der Waals surface area contributed by atoms with Crippen molar-refractivity contribution in [1.82, 2.24) is 19.7 Å². The molecular formula is C21H20N4O3. The Morgan fingerprint density at radius 3 is 2.82 bits per heavy atom. The molecule has 4 heterocycles. The largest absolute Gasteiger partial charge is 0.478 e. The van der Waals surface area contributed by atoms with Crippen molar-refractivity contribution in [3.05, 3.63) is 48.2 Å². The molecule has 0 saturated carbocycles. The first-order valence-electron chi connectivity index (χ1n) is 9.46. The molecular weight excluding hydrogens is 356 g/mol. The van der Waals surface area contributed by atoms with Crippen molar-refractivity contribution in [1.29, 1.82) is 0 Å². The average Bonchev–Trinajstić information content (AvgIpc) is 3.37. The summed E-state index contributed by atoms with van der Waals surface area (Å²) in [5, 5.41) is 9.24. The molecule has 1 aromatic carbocycles. The van der Waals surface area contributed by atoms with E-state index in [1.807, 2.05) is 45.8 Å². The molecule has 7 nitrogen and oxygen atoms in total. The average molecular weight is 376 g/mol. The summed E-state index contributed by atoms with van der Waals surface area (Å²) in [5.41, 5.74) is 3.95. The standard InChI is InChI=1S/C21H20N4O3/c1-27-20-15-12-14(8-9-19(15)28-23-20)17-6-5-7-18-16(13-22-25(17)18)21(26)24-10-3-2-4-11-24/h5-9,12-13H,2-4,10-11H2,1H3. The lowest BCUT2D eigenvalue weighted by molar-refractivity contribution is 0.0726. The van der Waals surface area contributed by atoms with E-state index in [0.29, 0.717) is 17.0 Å².